The predicted octanol–water partition coefficient (Wildman–Crippen LogP) is 4.64. The molecule has 128 valence electrons. The van der Waals surface area contributed by atoms with Gasteiger partial charge in [-0.05, 0) is 44.4 Å². The van der Waals surface area contributed by atoms with Crippen molar-refractivity contribution in [3.05, 3.63) is 47.2 Å². The molecule has 24 heavy (non-hydrogen) atoms. The normalized spacial score (nSPS) is 17.0. The molecule has 1 unspecified atom stereocenters. The van der Waals surface area contributed by atoms with E-state index in [0.29, 0.717) is 24.7 Å². The number of anilines is 1. The zero-order valence-corrected chi connectivity index (χ0v) is 15.0. The summed E-state index contributed by atoms with van der Waals surface area (Å²) in [6, 6.07) is 8.60. The van der Waals surface area contributed by atoms with Crippen LogP contribution >= 0.6 is 11.6 Å². The summed E-state index contributed by atoms with van der Waals surface area (Å²) in [4.78, 5) is 14.1. The molecule has 4 nitrogen and oxygen atoms in total. The van der Waals surface area contributed by atoms with Gasteiger partial charge in [-0.25, -0.2) is 0 Å². The Morgan fingerprint density at radius 3 is 2.54 bits per heavy atom. The van der Waals surface area contributed by atoms with Gasteiger partial charge in [0, 0.05) is 36.6 Å². The van der Waals surface area contributed by atoms with Gasteiger partial charge >= 0.3 is 0 Å². The molecule has 0 aliphatic heterocycles. The number of halogens is 1. The van der Waals surface area contributed by atoms with Crippen molar-refractivity contribution in [1.82, 2.24) is 9.78 Å². The number of carbonyl (C=O) groups is 1. The summed E-state index contributed by atoms with van der Waals surface area (Å²) in [5, 5.41) is 5.19. The quantitative estimate of drug-likeness (QED) is 0.792. The zero-order chi connectivity index (χ0) is 17.1. The summed E-state index contributed by atoms with van der Waals surface area (Å²) < 4.78 is 1.95. The van der Waals surface area contributed by atoms with E-state index in [0.717, 1.165) is 30.1 Å². The summed E-state index contributed by atoms with van der Waals surface area (Å²) in [6.45, 7) is 5.15. The molecule has 1 heterocycles. The Labute approximate surface area is 148 Å². The standard InChI is InChI=1S/C19H24ClN3O/c1-3-22-13-18(12-21-22)23(17-8-10-19(24)11-9-17)14(2)15-4-6-16(20)7-5-15/h4-7,12-14,17H,3,8-11H2,1-2H3. The molecular weight excluding hydrogens is 322 g/mol. The molecule has 0 spiro atoms. The molecular formula is C19H24ClN3O. The summed E-state index contributed by atoms with van der Waals surface area (Å²) >= 11 is 6.04. The van der Waals surface area contributed by atoms with Crippen LogP contribution in [0.1, 0.15) is 51.1 Å². The summed E-state index contributed by atoms with van der Waals surface area (Å²) in [6.07, 6.45) is 7.21. The topological polar surface area (TPSA) is 38.1 Å². The van der Waals surface area contributed by atoms with Gasteiger partial charge in [0.05, 0.1) is 17.9 Å². The molecule has 0 radical (unpaired) electrons. The lowest BCUT2D eigenvalue weighted by molar-refractivity contribution is -0.120. The predicted molar refractivity (Wildman–Crippen MR) is 97.5 cm³/mol. The number of carbonyl (C=O) groups excluding carboxylic acids is 1. The van der Waals surface area contributed by atoms with Gasteiger partial charge in [0.2, 0.25) is 0 Å². The van der Waals surface area contributed by atoms with Gasteiger partial charge in [-0.1, -0.05) is 23.7 Å². The summed E-state index contributed by atoms with van der Waals surface area (Å²) in [7, 11) is 0. The highest BCUT2D eigenvalue weighted by Gasteiger charge is 2.29. The zero-order valence-electron chi connectivity index (χ0n) is 14.3. The molecule has 3 rings (SSSR count). The van der Waals surface area contributed by atoms with Crippen LogP contribution in [0.15, 0.2) is 36.7 Å². The van der Waals surface area contributed by atoms with Gasteiger partial charge < -0.3 is 4.90 Å². The van der Waals surface area contributed by atoms with E-state index in [9.17, 15) is 4.79 Å². The van der Waals surface area contributed by atoms with E-state index in [1.165, 1.54) is 5.56 Å². The van der Waals surface area contributed by atoms with Crippen molar-refractivity contribution in [1.29, 1.82) is 0 Å². The number of ketones is 1. The monoisotopic (exact) mass is 345 g/mol. The molecule has 0 N–H and O–H groups in total. The Hall–Kier alpha value is -1.81. The highest BCUT2D eigenvalue weighted by atomic mass is 35.5. The second-order valence-corrected chi connectivity index (χ2v) is 6.90. The second-order valence-electron chi connectivity index (χ2n) is 6.46. The third kappa shape index (κ3) is 3.64. The van der Waals surface area contributed by atoms with E-state index >= 15 is 0 Å². The van der Waals surface area contributed by atoms with Crippen LogP contribution in [-0.4, -0.2) is 21.6 Å². The lowest BCUT2D eigenvalue weighted by Crippen LogP contribution is -2.40. The highest BCUT2D eigenvalue weighted by molar-refractivity contribution is 6.30. The van der Waals surface area contributed by atoms with Crippen molar-refractivity contribution < 1.29 is 4.79 Å². The molecule has 5 heteroatoms. The molecule has 1 aliphatic carbocycles. The maximum atomic E-state index is 11.6. The van der Waals surface area contributed by atoms with Crippen LogP contribution < -0.4 is 4.90 Å². The third-order valence-electron chi connectivity index (χ3n) is 4.92. The van der Waals surface area contributed by atoms with Crippen molar-refractivity contribution in [2.75, 3.05) is 4.90 Å². The van der Waals surface area contributed by atoms with E-state index in [2.05, 4.69) is 42.2 Å². The van der Waals surface area contributed by atoms with Crippen LogP contribution in [-0.2, 0) is 11.3 Å². The largest absolute Gasteiger partial charge is 0.359 e. The molecule has 1 saturated carbocycles. The Morgan fingerprint density at radius 2 is 1.96 bits per heavy atom. The number of rotatable bonds is 5. The molecule has 1 aromatic carbocycles. The van der Waals surface area contributed by atoms with Crippen LogP contribution in [0, 0.1) is 0 Å². The minimum Gasteiger partial charge on any atom is -0.359 e. The Morgan fingerprint density at radius 1 is 1.29 bits per heavy atom. The molecule has 1 atom stereocenters. The number of Topliss-reactive ketones (excluding diaryl/α,β-unsaturated/α-hetero) is 1. The first-order valence-electron chi connectivity index (χ1n) is 8.66. The van der Waals surface area contributed by atoms with Gasteiger partial charge in [0.1, 0.15) is 5.78 Å². The SMILES string of the molecule is CCn1cc(N(C2CCC(=O)CC2)C(C)c2ccc(Cl)cc2)cn1. The first-order chi connectivity index (χ1) is 11.6. The van der Waals surface area contributed by atoms with Crippen molar-refractivity contribution in [3.63, 3.8) is 0 Å². The number of benzene rings is 1. The summed E-state index contributed by atoms with van der Waals surface area (Å²) in [5.41, 5.74) is 2.35. The maximum Gasteiger partial charge on any atom is 0.133 e. The van der Waals surface area contributed by atoms with Crippen molar-refractivity contribution >= 4 is 23.1 Å². The average molecular weight is 346 g/mol. The van der Waals surface area contributed by atoms with Gasteiger partial charge in [-0.2, -0.15) is 5.10 Å². The van der Waals surface area contributed by atoms with Gasteiger partial charge in [0.25, 0.3) is 0 Å². The number of hydrogen-bond acceptors (Lipinski definition) is 3. The minimum atomic E-state index is 0.204. The van der Waals surface area contributed by atoms with Crippen LogP contribution in [0.2, 0.25) is 5.02 Å². The van der Waals surface area contributed by atoms with Crippen LogP contribution in [0.25, 0.3) is 0 Å². The van der Waals surface area contributed by atoms with Crippen molar-refractivity contribution in [2.45, 2.75) is 58.2 Å². The molecule has 0 saturated heterocycles. The van der Waals surface area contributed by atoms with Crippen LogP contribution in [0.3, 0.4) is 0 Å². The number of nitrogens with zero attached hydrogens (tertiary/aromatic N) is 3. The van der Waals surface area contributed by atoms with E-state index in [1.54, 1.807) is 0 Å². The fourth-order valence-electron chi connectivity index (χ4n) is 3.51. The molecule has 1 fully saturated rings. The fraction of sp³-hybridized carbons (Fsp3) is 0.474. The first kappa shape index (κ1) is 17.0. The molecule has 1 aliphatic rings. The van der Waals surface area contributed by atoms with Gasteiger partial charge in [-0.3, -0.25) is 9.48 Å². The van der Waals surface area contributed by atoms with Crippen LogP contribution in [0.5, 0.6) is 0 Å². The molecule has 0 amide bonds. The van der Waals surface area contributed by atoms with E-state index in [-0.39, 0.29) is 6.04 Å². The Bertz CT molecular complexity index is 685. The van der Waals surface area contributed by atoms with Crippen molar-refractivity contribution in [2.24, 2.45) is 0 Å². The Balaban J connectivity index is 1.91. The molecule has 1 aromatic heterocycles. The summed E-state index contributed by atoms with van der Waals surface area (Å²) in [5.74, 6) is 0.384. The lowest BCUT2D eigenvalue weighted by atomic mass is 9.91. The van der Waals surface area contributed by atoms with Crippen LogP contribution in [0.4, 0.5) is 5.69 Å². The van der Waals surface area contributed by atoms with Gasteiger partial charge in [0.15, 0.2) is 0 Å². The average Bonchev–Trinajstić information content (AvgIpc) is 3.06. The minimum absolute atomic E-state index is 0.204. The number of aromatic nitrogens is 2. The van der Waals surface area contributed by atoms with E-state index in [1.807, 2.05) is 23.0 Å². The second kappa shape index (κ2) is 7.39. The lowest BCUT2D eigenvalue weighted by Gasteiger charge is -2.39. The molecule has 2 aromatic rings. The first-order valence-corrected chi connectivity index (χ1v) is 9.04. The smallest absolute Gasteiger partial charge is 0.133 e. The number of aryl methyl sites for hydroxylation is 1. The van der Waals surface area contributed by atoms with E-state index < -0.39 is 0 Å². The van der Waals surface area contributed by atoms with Crippen molar-refractivity contribution in [3.8, 4) is 0 Å². The molecule has 0 bridgehead atoms. The third-order valence-corrected chi connectivity index (χ3v) is 5.17. The highest BCUT2D eigenvalue weighted by Crippen LogP contribution is 2.34. The van der Waals surface area contributed by atoms with Gasteiger partial charge in [-0.15, -0.1) is 0 Å². The fourth-order valence-corrected chi connectivity index (χ4v) is 3.64. The van der Waals surface area contributed by atoms with E-state index in [4.69, 9.17) is 11.6 Å². The number of hydrogen-bond donors (Lipinski definition) is 0. The Kier molecular flexibility index (Phi) is 5.24. The maximum absolute atomic E-state index is 11.6.